The molecule has 2 rings (SSSR count). The highest BCUT2D eigenvalue weighted by Gasteiger charge is 2.15. The van der Waals surface area contributed by atoms with Crippen LogP contribution in [0.2, 0.25) is 0 Å². The Morgan fingerprint density at radius 1 is 1.50 bits per heavy atom. The average Bonchev–Trinajstić information content (AvgIpc) is 2.17. The quantitative estimate of drug-likeness (QED) is 0.704. The monoisotopic (exact) mass is 194 g/mol. The highest BCUT2D eigenvalue weighted by atomic mass is 16.5. The van der Waals surface area contributed by atoms with Crippen LogP contribution in [-0.4, -0.2) is 12.5 Å². The molecule has 0 bridgehead atoms. The fraction of sp³-hybridized carbons (Fsp3) is 0.300. The van der Waals surface area contributed by atoms with Gasteiger partial charge in [0, 0.05) is 6.54 Å². The van der Waals surface area contributed by atoms with E-state index in [2.05, 4.69) is 5.32 Å². The van der Waals surface area contributed by atoms with Crippen molar-refractivity contribution in [2.75, 3.05) is 11.9 Å². The second-order valence-electron chi connectivity index (χ2n) is 2.87. The molecule has 0 saturated heterocycles. The number of rotatable bonds is 1. The number of carbonyl (C=O) groups is 1. The number of ether oxygens (including phenoxy) is 1. The van der Waals surface area contributed by atoms with Gasteiger partial charge in [-0.05, 0) is 17.7 Å². The molecule has 4 nitrogen and oxygen atoms in total. The van der Waals surface area contributed by atoms with E-state index in [1.54, 1.807) is 6.07 Å². The van der Waals surface area contributed by atoms with Gasteiger partial charge in [-0.25, -0.2) is 0 Å². The lowest BCUT2D eigenvalue weighted by molar-refractivity contribution is -0.118. The molecule has 76 valence electrons. The van der Waals surface area contributed by atoms with Crippen molar-refractivity contribution >= 4 is 11.6 Å². The van der Waals surface area contributed by atoms with E-state index in [0.29, 0.717) is 18.0 Å². The Balaban J connectivity index is 0.000000980. The van der Waals surface area contributed by atoms with Crippen LogP contribution in [-0.2, 0) is 11.3 Å². The molecule has 0 atom stereocenters. The van der Waals surface area contributed by atoms with Gasteiger partial charge >= 0.3 is 0 Å². The third-order valence-electron chi connectivity index (χ3n) is 1.91. The minimum absolute atomic E-state index is 0. The zero-order valence-electron chi connectivity index (χ0n) is 7.04. The van der Waals surface area contributed by atoms with Crippen molar-refractivity contribution < 1.29 is 9.53 Å². The van der Waals surface area contributed by atoms with E-state index in [0.717, 1.165) is 5.56 Å². The van der Waals surface area contributed by atoms with Crippen molar-refractivity contribution in [2.45, 2.75) is 14.0 Å². The molecule has 1 heterocycles. The van der Waals surface area contributed by atoms with Crippen molar-refractivity contribution in [2.24, 2.45) is 5.73 Å². The first-order valence-electron chi connectivity index (χ1n) is 4.05. The Morgan fingerprint density at radius 2 is 2.29 bits per heavy atom. The molecule has 14 heavy (non-hydrogen) atoms. The molecule has 3 N–H and O–H groups in total. The molecule has 1 aromatic carbocycles. The Bertz CT molecular complexity index is 350. The maximum Gasteiger partial charge on any atom is 0.262 e. The van der Waals surface area contributed by atoms with Crippen molar-refractivity contribution in [3.05, 3.63) is 23.8 Å². The Kier molecular flexibility index (Phi) is 3.09. The van der Waals surface area contributed by atoms with Crippen LogP contribution in [0.4, 0.5) is 5.69 Å². The Hall–Kier alpha value is -1.55. The van der Waals surface area contributed by atoms with Crippen LogP contribution in [0.25, 0.3) is 0 Å². The van der Waals surface area contributed by atoms with Gasteiger partial charge in [-0.2, -0.15) is 0 Å². The standard InChI is InChI=1S/C9H10N2O2.CH4/c10-4-6-1-2-7-8(3-6)13-5-9(12)11-7;/h1-3H,4-5,10H2,(H,11,12);1H4. The minimum Gasteiger partial charge on any atom is -0.482 e. The summed E-state index contributed by atoms with van der Waals surface area (Å²) in [6, 6.07) is 5.51. The van der Waals surface area contributed by atoms with Crippen LogP contribution in [0, 0.1) is 0 Å². The molecule has 1 amide bonds. The molecule has 0 aromatic heterocycles. The van der Waals surface area contributed by atoms with Crippen molar-refractivity contribution in [3.8, 4) is 5.75 Å². The van der Waals surface area contributed by atoms with Crippen molar-refractivity contribution in [1.82, 2.24) is 0 Å². The van der Waals surface area contributed by atoms with Crippen LogP contribution in [0.15, 0.2) is 18.2 Å². The van der Waals surface area contributed by atoms with Gasteiger partial charge in [0.15, 0.2) is 6.61 Å². The molecule has 1 aliphatic heterocycles. The number of fused-ring (bicyclic) bond motifs is 1. The third kappa shape index (κ3) is 1.85. The predicted octanol–water partition coefficient (Wildman–Crippen LogP) is 1.11. The zero-order chi connectivity index (χ0) is 9.26. The van der Waals surface area contributed by atoms with Gasteiger partial charge in [0.25, 0.3) is 5.91 Å². The van der Waals surface area contributed by atoms with Gasteiger partial charge < -0.3 is 15.8 Å². The lowest BCUT2D eigenvalue weighted by Crippen LogP contribution is -2.25. The number of nitrogens with one attached hydrogen (secondary N) is 1. The second-order valence-corrected chi connectivity index (χ2v) is 2.87. The first kappa shape index (κ1) is 10.5. The van der Waals surface area contributed by atoms with Crippen molar-refractivity contribution in [1.29, 1.82) is 0 Å². The largest absolute Gasteiger partial charge is 0.482 e. The normalized spacial score (nSPS) is 13.4. The summed E-state index contributed by atoms with van der Waals surface area (Å²) in [5.41, 5.74) is 7.18. The second kappa shape index (κ2) is 4.11. The van der Waals surface area contributed by atoms with E-state index in [4.69, 9.17) is 10.5 Å². The fourth-order valence-electron chi connectivity index (χ4n) is 1.25. The Morgan fingerprint density at radius 3 is 3.00 bits per heavy atom. The summed E-state index contributed by atoms with van der Waals surface area (Å²) in [7, 11) is 0. The van der Waals surface area contributed by atoms with E-state index in [9.17, 15) is 4.79 Å². The molecule has 4 heteroatoms. The van der Waals surface area contributed by atoms with Crippen LogP contribution in [0.3, 0.4) is 0 Å². The Labute approximate surface area is 83.1 Å². The van der Waals surface area contributed by atoms with Crippen LogP contribution < -0.4 is 15.8 Å². The third-order valence-corrected chi connectivity index (χ3v) is 1.91. The first-order chi connectivity index (χ1) is 6.29. The highest BCUT2D eigenvalue weighted by molar-refractivity contribution is 5.95. The summed E-state index contributed by atoms with van der Waals surface area (Å²) in [4.78, 5) is 10.9. The first-order valence-corrected chi connectivity index (χ1v) is 4.05. The molecule has 0 aliphatic carbocycles. The smallest absolute Gasteiger partial charge is 0.262 e. The lowest BCUT2D eigenvalue weighted by atomic mass is 10.2. The number of benzene rings is 1. The summed E-state index contributed by atoms with van der Waals surface area (Å²) >= 11 is 0. The van der Waals surface area contributed by atoms with Gasteiger partial charge in [0.05, 0.1) is 5.69 Å². The highest BCUT2D eigenvalue weighted by Crippen LogP contribution is 2.28. The zero-order valence-corrected chi connectivity index (χ0v) is 7.04. The average molecular weight is 194 g/mol. The van der Waals surface area contributed by atoms with Gasteiger partial charge in [0.1, 0.15) is 5.75 Å². The molecule has 0 unspecified atom stereocenters. The number of carbonyl (C=O) groups excluding carboxylic acids is 1. The molecule has 0 radical (unpaired) electrons. The summed E-state index contributed by atoms with van der Waals surface area (Å²) in [5.74, 6) is 0.579. The summed E-state index contributed by atoms with van der Waals surface area (Å²) < 4.78 is 5.21. The van der Waals surface area contributed by atoms with E-state index in [-0.39, 0.29) is 19.9 Å². The fourth-order valence-corrected chi connectivity index (χ4v) is 1.25. The predicted molar refractivity (Wildman–Crippen MR) is 55.2 cm³/mol. The molecule has 1 aliphatic rings. The van der Waals surface area contributed by atoms with Crippen molar-refractivity contribution in [3.63, 3.8) is 0 Å². The van der Waals surface area contributed by atoms with Crippen LogP contribution >= 0.6 is 0 Å². The summed E-state index contributed by atoms with van der Waals surface area (Å²) in [6.07, 6.45) is 0. The molecule has 0 spiro atoms. The number of hydrogen-bond acceptors (Lipinski definition) is 3. The van der Waals surface area contributed by atoms with Gasteiger partial charge in [-0.1, -0.05) is 13.5 Å². The van der Waals surface area contributed by atoms with Gasteiger partial charge in [0.2, 0.25) is 0 Å². The van der Waals surface area contributed by atoms with Gasteiger partial charge in [-0.15, -0.1) is 0 Å². The number of anilines is 1. The number of nitrogens with two attached hydrogens (primary N) is 1. The van der Waals surface area contributed by atoms with E-state index >= 15 is 0 Å². The number of hydrogen-bond donors (Lipinski definition) is 2. The summed E-state index contributed by atoms with van der Waals surface area (Å²) in [5, 5.41) is 2.71. The van der Waals surface area contributed by atoms with Gasteiger partial charge in [-0.3, -0.25) is 4.79 Å². The minimum atomic E-state index is -0.118. The van der Waals surface area contributed by atoms with Crippen LogP contribution in [0.1, 0.15) is 13.0 Å². The SMILES string of the molecule is C.NCc1ccc2c(c1)OCC(=O)N2. The molecule has 0 fully saturated rings. The van der Waals surface area contributed by atoms with Crippen LogP contribution in [0.5, 0.6) is 5.75 Å². The molecule has 1 aromatic rings. The molecule has 0 saturated carbocycles. The number of amides is 1. The van der Waals surface area contributed by atoms with E-state index < -0.39 is 0 Å². The maximum atomic E-state index is 10.9. The maximum absolute atomic E-state index is 10.9. The molecular weight excluding hydrogens is 180 g/mol. The topological polar surface area (TPSA) is 64.3 Å². The van der Waals surface area contributed by atoms with E-state index in [1.807, 2.05) is 12.1 Å². The summed E-state index contributed by atoms with van der Waals surface area (Å²) in [6.45, 7) is 0.561. The lowest BCUT2D eigenvalue weighted by Gasteiger charge is -2.18. The molecular formula is C10H14N2O2. The van der Waals surface area contributed by atoms with E-state index in [1.165, 1.54) is 0 Å².